The van der Waals surface area contributed by atoms with Crippen LogP contribution in [0.2, 0.25) is 0 Å². The number of Topliss-reactive ketones (excluding diaryl/α,β-unsaturated/α-hetero) is 1. The van der Waals surface area contributed by atoms with E-state index in [0.29, 0.717) is 22.8 Å². The van der Waals surface area contributed by atoms with E-state index in [2.05, 4.69) is 9.97 Å². The van der Waals surface area contributed by atoms with Gasteiger partial charge in [-0.15, -0.1) is 11.8 Å². The molecule has 0 N–H and O–H groups in total. The number of nitrogens with zero attached hydrogens (tertiary/aromatic N) is 2. The van der Waals surface area contributed by atoms with Crippen LogP contribution in [-0.2, 0) is 5.75 Å². The second-order valence-electron chi connectivity index (χ2n) is 4.08. The lowest BCUT2D eigenvalue weighted by atomic mass is 10.2. The Bertz CT molecular complexity index is 599. The van der Waals surface area contributed by atoms with E-state index >= 15 is 0 Å². The summed E-state index contributed by atoms with van der Waals surface area (Å²) in [6.07, 6.45) is 1.56. The van der Waals surface area contributed by atoms with Gasteiger partial charge in [0.2, 0.25) is 0 Å². The summed E-state index contributed by atoms with van der Waals surface area (Å²) in [5.74, 6) is 0.972. The van der Waals surface area contributed by atoms with E-state index in [1.54, 1.807) is 25.3 Å². The fourth-order valence-electron chi connectivity index (χ4n) is 1.61. The van der Waals surface area contributed by atoms with Crippen LogP contribution in [0.4, 0.5) is 4.39 Å². The lowest BCUT2D eigenvalue weighted by Crippen LogP contribution is -2.03. The number of carbonyl (C=O) groups is 1. The molecule has 0 saturated carbocycles. The zero-order valence-corrected chi connectivity index (χ0v) is 11.5. The molecule has 98 valence electrons. The predicted octanol–water partition coefficient (Wildman–Crippen LogP) is 3.42. The summed E-state index contributed by atoms with van der Waals surface area (Å²) in [7, 11) is 0. The number of benzene rings is 1. The van der Waals surface area contributed by atoms with Crippen LogP contribution < -0.4 is 0 Å². The third kappa shape index (κ3) is 3.61. The van der Waals surface area contributed by atoms with Crippen molar-refractivity contribution in [2.75, 3.05) is 0 Å². The van der Waals surface area contributed by atoms with Crippen LogP contribution in [0.15, 0.2) is 35.4 Å². The second kappa shape index (κ2) is 5.93. The van der Waals surface area contributed by atoms with Crippen LogP contribution in [0, 0.1) is 12.7 Å². The van der Waals surface area contributed by atoms with Crippen LogP contribution >= 0.6 is 11.8 Å². The predicted molar refractivity (Wildman–Crippen MR) is 72.7 cm³/mol. The maximum atomic E-state index is 12.8. The van der Waals surface area contributed by atoms with E-state index < -0.39 is 0 Å². The Morgan fingerprint density at radius 3 is 2.58 bits per heavy atom. The third-order valence-corrected chi connectivity index (χ3v) is 3.60. The minimum Gasteiger partial charge on any atom is -0.294 e. The van der Waals surface area contributed by atoms with Gasteiger partial charge in [0.1, 0.15) is 11.6 Å². The van der Waals surface area contributed by atoms with Crippen molar-refractivity contribution in [3.8, 4) is 0 Å². The van der Waals surface area contributed by atoms with E-state index in [-0.39, 0.29) is 11.6 Å². The smallest absolute Gasteiger partial charge is 0.163 e. The maximum Gasteiger partial charge on any atom is 0.163 e. The summed E-state index contributed by atoms with van der Waals surface area (Å²) in [6.45, 7) is 3.29. The first-order valence-corrected chi connectivity index (χ1v) is 6.76. The number of halogens is 1. The van der Waals surface area contributed by atoms with Gasteiger partial charge in [0.15, 0.2) is 5.78 Å². The van der Waals surface area contributed by atoms with Gasteiger partial charge in [0, 0.05) is 11.1 Å². The lowest BCUT2D eigenvalue weighted by Gasteiger charge is -2.04. The Kier molecular flexibility index (Phi) is 4.27. The van der Waals surface area contributed by atoms with E-state index in [1.165, 1.54) is 30.8 Å². The molecule has 5 heteroatoms. The zero-order chi connectivity index (χ0) is 13.8. The molecule has 0 aliphatic carbocycles. The second-order valence-corrected chi connectivity index (χ2v) is 5.13. The molecule has 2 aromatic rings. The van der Waals surface area contributed by atoms with E-state index in [9.17, 15) is 9.18 Å². The largest absolute Gasteiger partial charge is 0.294 e. The molecule has 0 fully saturated rings. The molecule has 0 radical (unpaired) electrons. The first-order valence-electron chi connectivity index (χ1n) is 5.78. The topological polar surface area (TPSA) is 42.9 Å². The number of rotatable bonds is 4. The van der Waals surface area contributed by atoms with Crippen LogP contribution in [0.5, 0.6) is 0 Å². The van der Waals surface area contributed by atoms with Gasteiger partial charge in [-0.25, -0.2) is 14.4 Å². The van der Waals surface area contributed by atoms with Crippen molar-refractivity contribution in [2.24, 2.45) is 0 Å². The highest BCUT2D eigenvalue weighted by atomic mass is 32.2. The molecule has 1 aromatic carbocycles. The summed E-state index contributed by atoms with van der Waals surface area (Å²) < 4.78 is 12.8. The number of ketones is 1. The van der Waals surface area contributed by atoms with Crippen molar-refractivity contribution in [3.05, 3.63) is 53.4 Å². The summed E-state index contributed by atoms with van der Waals surface area (Å²) in [4.78, 5) is 20.7. The molecule has 0 aliphatic rings. The first kappa shape index (κ1) is 13.7. The standard InChI is InChI=1S/C14H13FN2OS/c1-9-13(10(2)18)7-16-14(17-9)8-19-12-5-3-11(15)4-6-12/h3-7H,8H2,1-2H3. The highest BCUT2D eigenvalue weighted by molar-refractivity contribution is 7.98. The number of aryl methyl sites for hydroxylation is 1. The van der Waals surface area contributed by atoms with Gasteiger partial charge in [0.05, 0.1) is 17.0 Å². The van der Waals surface area contributed by atoms with Crippen molar-refractivity contribution in [3.63, 3.8) is 0 Å². The molecule has 0 aliphatic heterocycles. The first-order chi connectivity index (χ1) is 9.06. The third-order valence-electron chi connectivity index (χ3n) is 2.59. The Morgan fingerprint density at radius 2 is 2.00 bits per heavy atom. The van der Waals surface area contributed by atoms with Crippen molar-refractivity contribution in [2.45, 2.75) is 24.5 Å². The molecular formula is C14H13FN2OS. The molecule has 0 atom stereocenters. The Balaban J connectivity index is 2.06. The average Bonchev–Trinajstić information content (AvgIpc) is 2.37. The number of carbonyl (C=O) groups excluding carboxylic acids is 1. The molecule has 0 saturated heterocycles. The van der Waals surface area contributed by atoms with Gasteiger partial charge in [-0.1, -0.05) is 0 Å². The van der Waals surface area contributed by atoms with E-state index in [4.69, 9.17) is 0 Å². The van der Waals surface area contributed by atoms with Gasteiger partial charge in [-0.3, -0.25) is 4.79 Å². The Labute approximate surface area is 115 Å². The normalized spacial score (nSPS) is 10.5. The van der Waals surface area contributed by atoms with Gasteiger partial charge in [-0.05, 0) is 38.1 Å². The number of hydrogen-bond donors (Lipinski definition) is 0. The fraction of sp³-hybridized carbons (Fsp3) is 0.214. The molecule has 0 spiro atoms. The number of aromatic nitrogens is 2. The number of hydrogen-bond acceptors (Lipinski definition) is 4. The molecule has 19 heavy (non-hydrogen) atoms. The molecule has 1 heterocycles. The summed E-state index contributed by atoms with van der Waals surface area (Å²) in [5, 5.41) is 0. The van der Waals surface area contributed by atoms with Crippen molar-refractivity contribution >= 4 is 17.5 Å². The SMILES string of the molecule is CC(=O)c1cnc(CSc2ccc(F)cc2)nc1C. The molecular weight excluding hydrogens is 263 g/mol. The van der Waals surface area contributed by atoms with Crippen LogP contribution in [0.25, 0.3) is 0 Å². The quantitative estimate of drug-likeness (QED) is 0.634. The van der Waals surface area contributed by atoms with Gasteiger partial charge in [0.25, 0.3) is 0 Å². The van der Waals surface area contributed by atoms with Crippen molar-refractivity contribution < 1.29 is 9.18 Å². The Hall–Kier alpha value is -1.75. The zero-order valence-electron chi connectivity index (χ0n) is 10.7. The monoisotopic (exact) mass is 276 g/mol. The number of thioether (sulfide) groups is 1. The minimum atomic E-state index is -0.248. The lowest BCUT2D eigenvalue weighted by molar-refractivity contribution is 0.101. The van der Waals surface area contributed by atoms with Crippen molar-refractivity contribution in [1.82, 2.24) is 9.97 Å². The molecule has 0 unspecified atom stereocenters. The summed E-state index contributed by atoms with van der Waals surface area (Å²) >= 11 is 1.53. The molecule has 2 rings (SSSR count). The van der Waals surface area contributed by atoms with Crippen LogP contribution in [0.3, 0.4) is 0 Å². The Morgan fingerprint density at radius 1 is 1.32 bits per heavy atom. The summed E-state index contributed by atoms with van der Waals surface area (Å²) in [6, 6.07) is 6.29. The molecule has 0 amide bonds. The van der Waals surface area contributed by atoms with Gasteiger partial charge >= 0.3 is 0 Å². The fourth-order valence-corrected chi connectivity index (χ4v) is 2.37. The highest BCUT2D eigenvalue weighted by Crippen LogP contribution is 2.21. The van der Waals surface area contributed by atoms with Gasteiger partial charge in [-0.2, -0.15) is 0 Å². The molecule has 1 aromatic heterocycles. The molecule has 3 nitrogen and oxygen atoms in total. The van der Waals surface area contributed by atoms with Crippen molar-refractivity contribution in [1.29, 1.82) is 0 Å². The molecule has 0 bridgehead atoms. The minimum absolute atomic E-state index is 0.0322. The van der Waals surface area contributed by atoms with Crippen LogP contribution in [0.1, 0.15) is 28.8 Å². The maximum absolute atomic E-state index is 12.8. The van der Waals surface area contributed by atoms with E-state index in [0.717, 1.165) is 4.90 Å². The van der Waals surface area contributed by atoms with E-state index in [1.807, 2.05) is 0 Å². The van der Waals surface area contributed by atoms with Crippen LogP contribution in [-0.4, -0.2) is 15.8 Å². The van der Waals surface area contributed by atoms with Gasteiger partial charge < -0.3 is 0 Å². The average molecular weight is 276 g/mol. The summed E-state index contributed by atoms with van der Waals surface area (Å²) in [5.41, 5.74) is 1.24. The highest BCUT2D eigenvalue weighted by Gasteiger charge is 2.07.